The number of carboxylic acid groups (broad SMARTS) is 1. The number of esters is 1. The highest BCUT2D eigenvalue weighted by atomic mass is 16.5. The Kier molecular flexibility index (Phi) is 24.3. The van der Waals surface area contributed by atoms with Gasteiger partial charge in [0.25, 0.3) is 0 Å². The van der Waals surface area contributed by atoms with Gasteiger partial charge in [0.1, 0.15) is 6.10 Å². The summed E-state index contributed by atoms with van der Waals surface area (Å²) in [6, 6.07) is 0. The average Bonchev–Trinajstić information content (AvgIpc) is 2.79. The van der Waals surface area contributed by atoms with E-state index >= 15 is 0 Å². The lowest BCUT2D eigenvalue weighted by molar-refractivity contribution is -0.151. The second kappa shape index (κ2) is 25.3. The molecule has 0 rings (SSSR count). The van der Waals surface area contributed by atoms with Crippen LogP contribution in [0.5, 0.6) is 0 Å². The molecule has 0 aliphatic heterocycles. The number of allylic oxidation sites excluding steroid dienone is 2. The maximum atomic E-state index is 12.2. The number of hydrogen-bond acceptors (Lipinski definition) is 3. The van der Waals surface area contributed by atoms with E-state index < -0.39 is 5.97 Å². The molecule has 4 nitrogen and oxygen atoms in total. The summed E-state index contributed by atoms with van der Waals surface area (Å²) < 4.78 is 5.65. The standard InChI is InChI=1S/C29H54O4/c1-3-5-7-9-11-13-14-15-16-18-20-22-24-29(32)33-27(25-26-28(30)31)23-21-19-17-12-10-8-6-4-2/h9,11,27H,3-8,10,12-26H2,1-2H3,(H,30,31)/b11-9-. The molecular weight excluding hydrogens is 412 g/mol. The van der Waals surface area contributed by atoms with Crippen molar-refractivity contribution in [1.82, 2.24) is 0 Å². The van der Waals surface area contributed by atoms with Gasteiger partial charge in [-0.1, -0.05) is 109 Å². The predicted molar refractivity (Wildman–Crippen MR) is 140 cm³/mol. The van der Waals surface area contributed by atoms with Gasteiger partial charge in [0.15, 0.2) is 0 Å². The van der Waals surface area contributed by atoms with Crippen LogP contribution in [0.1, 0.15) is 155 Å². The molecule has 0 radical (unpaired) electrons. The van der Waals surface area contributed by atoms with Gasteiger partial charge in [-0.3, -0.25) is 9.59 Å². The van der Waals surface area contributed by atoms with Gasteiger partial charge in [0, 0.05) is 12.8 Å². The molecule has 194 valence electrons. The predicted octanol–water partition coefficient (Wildman–Crippen LogP) is 9.16. The molecule has 0 fully saturated rings. The van der Waals surface area contributed by atoms with E-state index in [0.717, 1.165) is 32.1 Å². The summed E-state index contributed by atoms with van der Waals surface area (Å²) in [7, 11) is 0. The number of aliphatic carboxylic acids is 1. The van der Waals surface area contributed by atoms with Crippen LogP contribution < -0.4 is 0 Å². The molecular formula is C29H54O4. The molecule has 0 saturated heterocycles. The van der Waals surface area contributed by atoms with Crippen LogP contribution in [0.4, 0.5) is 0 Å². The van der Waals surface area contributed by atoms with Crippen molar-refractivity contribution in [3.63, 3.8) is 0 Å². The van der Waals surface area contributed by atoms with Crippen molar-refractivity contribution in [2.75, 3.05) is 0 Å². The first kappa shape index (κ1) is 31.7. The summed E-state index contributed by atoms with van der Waals surface area (Å²) in [4.78, 5) is 23.2. The highest BCUT2D eigenvalue weighted by Gasteiger charge is 2.15. The van der Waals surface area contributed by atoms with Crippen LogP contribution in [0.2, 0.25) is 0 Å². The third kappa shape index (κ3) is 25.1. The molecule has 0 saturated carbocycles. The van der Waals surface area contributed by atoms with Gasteiger partial charge < -0.3 is 9.84 Å². The molecule has 0 aromatic heterocycles. The highest BCUT2D eigenvalue weighted by molar-refractivity contribution is 5.69. The van der Waals surface area contributed by atoms with Crippen molar-refractivity contribution >= 4 is 11.9 Å². The highest BCUT2D eigenvalue weighted by Crippen LogP contribution is 2.17. The number of carbonyl (C=O) groups is 2. The van der Waals surface area contributed by atoms with Crippen molar-refractivity contribution in [3.8, 4) is 0 Å². The topological polar surface area (TPSA) is 63.6 Å². The fraction of sp³-hybridized carbons (Fsp3) is 0.862. The molecule has 0 aliphatic carbocycles. The molecule has 1 N–H and O–H groups in total. The summed E-state index contributed by atoms with van der Waals surface area (Å²) in [5.74, 6) is -0.967. The SMILES string of the molecule is CCCC/C=C\CCCCCCCCC(=O)OC(CCCCCCCCCC)CCC(=O)O. The van der Waals surface area contributed by atoms with E-state index in [9.17, 15) is 9.59 Å². The minimum absolute atomic E-state index is 0.0722. The minimum atomic E-state index is -0.816. The maximum Gasteiger partial charge on any atom is 0.306 e. The first-order valence-electron chi connectivity index (χ1n) is 14.2. The fourth-order valence-electron chi connectivity index (χ4n) is 4.09. The number of rotatable bonds is 25. The number of carboxylic acids is 1. The Morgan fingerprint density at radius 3 is 1.76 bits per heavy atom. The molecule has 0 bridgehead atoms. The average molecular weight is 467 g/mol. The summed E-state index contributed by atoms with van der Waals surface area (Å²) >= 11 is 0. The van der Waals surface area contributed by atoms with Crippen LogP contribution in [0, 0.1) is 0 Å². The number of hydrogen-bond donors (Lipinski definition) is 1. The molecule has 1 unspecified atom stereocenters. The number of carbonyl (C=O) groups excluding carboxylic acids is 1. The minimum Gasteiger partial charge on any atom is -0.481 e. The van der Waals surface area contributed by atoms with Crippen molar-refractivity contribution in [2.45, 2.75) is 161 Å². The van der Waals surface area contributed by atoms with E-state index in [4.69, 9.17) is 9.84 Å². The maximum absolute atomic E-state index is 12.2. The lowest BCUT2D eigenvalue weighted by Crippen LogP contribution is -2.19. The normalized spacial score (nSPS) is 12.3. The van der Waals surface area contributed by atoms with Crippen molar-refractivity contribution in [3.05, 3.63) is 12.2 Å². The van der Waals surface area contributed by atoms with Crippen LogP contribution in [0.25, 0.3) is 0 Å². The van der Waals surface area contributed by atoms with Gasteiger partial charge in [-0.25, -0.2) is 0 Å². The zero-order valence-corrected chi connectivity index (χ0v) is 22.0. The van der Waals surface area contributed by atoms with Crippen LogP contribution in [-0.2, 0) is 14.3 Å². The lowest BCUT2D eigenvalue weighted by atomic mass is 10.0. The molecule has 1 atom stereocenters. The van der Waals surface area contributed by atoms with Gasteiger partial charge in [-0.2, -0.15) is 0 Å². The van der Waals surface area contributed by atoms with Crippen LogP contribution in [0.15, 0.2) is 12.2 Å². The Morgan fingerprint density at radius 1 is 0.636 bits per heavy atom. The zero-order valence-electron chi connectivity index (χ0n) is 22.0. The molecule has 0 aromatic rings. The molecule has 33 heavy (non-hydrogen) atoms. The Bertz CT molecular complexity index is 472. The van der Waals surface area contributed by atoms with Gasteiger partial charge in [0.2, 0.25) is 0 Å². The largest absolute Gasteiger partial charge is 0.481 e. The first-order chi connectivity index (χ1) is 16.1. The van der Waals surface area contributed by atoms with E-state index in [-0.39, 0.29) is 18.5 Å². The van der Waals surface area contributed by atoms with E-state index in [0.29, 0.717) is 12.8 Å². The molecule has 0 heterocycles. The van der Waals surface area contributed by atoms with Crippen molar-refractivity contribution in [1.29, 1.82) is 0 Å². The Labute approximate surface area is 204 Å². The van der Waals surface area contributed by atoms with E-state index in [1.54, 1.807) is 0 Å². The molecule has 4 heteroatoms. The molecule has 0 amide bonds. The Hall–Kier alpha value is -1.32. The summed E-state index contributed by atoms with van der Waals surface area (Å²) in [5.41, 5.74) is 0. The zero-order chi connectivity index (χ0) is 24.4. The van der Waals surface area contributed by atoms with Crippen LogP contribution in [0.3, 0.4) is 0 Å². The van der Waals surface area contributed by atoms with Gasteiger partial charge in [-0.15, -0.1) is 0 Å². The summed E-state index contributed by atoms with van der Waals surface area (Å²) in [5, 5.41) is 8.99. The van der Waals surface area contributed by atoms with Crippen molar-refractivity contribution < 1.29 is 19.4 Å². The molecule has 0 spiro atoms. The second-order valence-electron chi connectivity index (χ2n) is 9.58. The monoisotopic (exact) mass is 466 g/mol. The fourth-order valence-corrected chi connectivity index (χ4v) is 4.09. The third-order valence-corrected chi connectivity index (χ3v) is 6.25. The lowest BCUT2D eigenvalue weighted by Gasteiger charge is -2.17. The Balaban J connectivity index is 3.82. The summed E-state index contributed by atoms with van der Waals surface area (Å²) in [6.45, 7) is 4.46. The third-order valence-electron chi connectivity index (χ3n) is 6.25. The van der Waals surface area contributed by atoms with E-state index in [2.05, 4.69) is 26.0 Å². The van der Waals surface area contributed by atoms with Crippen LogP contribution in [-0.4, -0.2) is 23.1 Å². The first-order valence-corrected chi connectivity index (χ1v) is 14.2. The van der Waals surface area contributed by atoms with Gasteiger partial charge in [0.05, 0.1) is 0 Å². The van der Waals surface area contributed by atoms with Gasteiger partial charge in [-0.05, 0) is 44.9 Å². The van der Waals surface area contributed by atoms with Gasteiger partial charge >= 0.3 is 11.9 Å². The smallest absolute Gasteiger partial charge is 0.306 e. The van der Waals surface area contributed by atoms with Crippen molar-refractivity contribution in [2.24, 2.45) is 0 Å². The van der Waals surface area contributed by atoms with E-state index in [1.807, 2.05) is 0 Å². The second-order valence-corrected chi connectivity index (χ2v) is 9.58. The number of ether oxygens (including phenoxy) is 1. The van der Waals surface area contributed by atoms with E-state index in [1.165, 1.54) is 89.9 Å². The quantitative estimate of drug-likeness (QED) is 0.0827. The summed E-state index contributed by atoms with van der Waals surface area (Å²) in [6.07, 6.45) is 27.9. The molecule has 0 aromatic carbocycles. The Morgan fingerprint density at radius 2 is 1.15 bits per heavy atom. The van der Waals surface area contributed by atoms with Crippen LogP contribution >= 0.6 is 0 Å². The molecule has 0 aliphatic rings. The number of unbranched alkanes of at least 4 members (excludes halogenated alkanes) is 15.